The Balaban J connectivity index is -0.0000000145. The molecule has 0 aliphatic rings. The van der Waals surface area contributed by atoms with Gasteiger partial charge in [-0.25, -0.2) is 0 Å². The second-order valence-corrected chi connectivity index (χ2v) is 2.31. The van der Waals surface area contributed by atoms with Crippen LogP contribution in [0.1, 0.15) is 55.4 Å². The molecule has 0 saturated carbocycles. The molecule has 0 fully saturated rings. The molecule has 0 aliphatic carbocycles. The second-order valence-electron chi connectivity index (χ2n) is 2.31. The fraction of sp³-hybridized carbons (Fsp3) is 0.667. The molecule has 14 heavy (non-hydrogen) atoms. The van der Waals surface area contributed by atoms with Gasteiger partial charge in [-0.1, -0.05) is 0 Å². The molecule has 0 aromatic heterocycles. The van der Waals surface area contributed by atoms with Crippen molar-refractivity contribution in [3.05, 3.63) is 25.7 Å². The van der Waals surface area contributed by atoms with Gasteiger partial charge in [-0.05, 0) is 0 Å². The predicted octanol–water partition coefficient (Wildman–Crippen LogP) is 4.09. The standard InChI is InChI=1S/4C3H7.H2O.Ti/c4*1-3-2;;/h4*3H,1-2H3;1H2;/q4*-1;;+4. The Morgan fingerprint density at radius 1 is 0.429 bits per heavy atom. The first-order valence-corrected chi connectivity index (χ1v) is 4.62. The summed E-state index contributed by atoms with van der Waals surface area (Å²) in [4.78, 5) is 0. The molecule has 0 bridgehead atoms. The van der Waals surface area contributed by atoms with Gasteiger partial charge in [0, 0.05) is 0 Å². The van der Waals surface area contributed by atoms with Crippen LogP contribution in [0, 0.1) is 25.7 Å². The molecule has 2 heteroatoms. The van der Waals surface area contributed by atoms with Crippen LogP contribution in [0.25, 0.3) is 0 Å². The van der Waals surface area contributed by atoms with Gasteiger partial charge >= 0.3 is 21.7 Å². The van der Waals surface area contributed by atoms with E-state index in [-0.39, 0.29) is 27.2 Å². The largest absolute Gasteiger partial charge is 4.00 e. The third-order valence-corrected chi connectivity index (χ3v) is 0. The van der Waals surface area contributed by atoms with Crippen molar-refractivity contribution in [3.63, 3.8) is 0 Å². The van der Waals surface area contributed by atoms with Crippen LogP contribution in [0.5, 0.6) is 0 Å². The zero-order valence-electron chi connectivity index (χ0n) is 11.3. The summed E-state index contributed by atoms with van der Waals surface area (Å²) in [5.41, 5.74) is 0. The summed E-state index contributed by atoms with van der Waals surface area (Å²) in [5.74, 6) is 0. The first kappa shape index (κ1) is 36.5. The normalized spacial score (nSPS) is 5.14. The third kappa shape index (κ3) is 3800. The van der Waals surface area contributed by atoms with Crippen molar-refractivity contribution >= 4 is 0 Å². The van der Waals surface area contributed by atoms with E-state index in [1.165, 1.54) is 0 Å². The van der Waals surface area contributed by atoms with Gasteiger partial charge in [0.15, 0.2) is 0 Å². The average molecular weight is 238 g/mol. The molecule has 1 nitrogen and oxygen atoms in total. The van der Waals surface area contributed by atoms with Gasteiger partial charge in [-0.15, -0.1) is 0 Å². The van der Waals surface area contributed by atoms with Crippen LogP contribution < -0.4 is 0 Å². The van der Waals surface area contributed by atoms with Gasteiger partial charge in [0.05, 0.1) is 0 Å². The average Bonchev–Trinajstić information content (AvgIpc) is 1.92. The molecule has 0 aromatic carbocycles. The van der Waals surface area contributed by atoms with E-state index in [1.807, 2.05) is 81.1 Å². The molecule has 0 spiro atoms. The van der Waals surface area contributed by atoms with Crippen molar-refractivity contribution in [1.29, 1.82) is 0 Å². The first-order chi connectivity index (χ1) is 5.66. The number of hydrogen-bond acceptors (Lipinski definition) is 0. The molecule has 0 radical (unpaired) electrons. The smallest absolute Gasteiger partial charge is 0.412 e. The molecule has 0 aliphatic heterocycles. The monoisotopic (exact) mass is 238 g/mol. The summed E-state index contributed by atoms with van der Waals surface area (Å²) in [5, 5.41) is 0. The van der Waals surface area contributed by atoms with Crippen LogP contribution in [-0.2, 0) is 21.7 Å². The molecule has 0 heterocycles. The van der Waals surface area contributed by atoms with E-state index < -0.39 is 0 Å². The van der Waals surface area contributed by atoms with Crippen molar-refractivity contribution < 1.29 is 27.2 Å². The van der Waals surface area contributed by atoms with Gasteiger partial charge in [0.2, 0.25) is 0 Å². The summed E-state index contributed by atoms with van der Waals surface area (Å²) >= 11 is 0. The van der Waals surface area contributed by atoms with Gasteiger partial charge < -0.3 is 31.2 Å². The molecule has 0 unspecified atom stereocenters. The number of rotatable bonds is 0. The fourth-order valence-corrected chi connectivity index (χ4v) is 0. The summed E-state index contributed by atoms with van der Waals surface area (Å²) < 4.78 is 0. The third-order valence-electron chi connectivity index (χ3n) is 0. The summed E-state index contributed by atoms with van der Waals surface area (Å²) in [6, 6.07) is 0. The van der Waals surface area contributed by atoms with Crippen LogP contribution >= 0.6 is 0 Å². The zero-order valence-corrected chi connectivity index (χ0v) is 12.9. The van der Waals surface area contributed by atoms with Crippen molar-refractivity contribution in [3.8, 4) is 0 Å². The Bertz CT molecular complexity index is 18.3. The zero-order chi connectivity index (χ0) is 10.8. The van der Waals surface area contributed by atoms with E-state index >= 15 is 0 Å². The van der Waals surface area contributed by atoms with Crippen LogP contribution in [0.15, 0.2) is 0 Å². The SMILES string of the molecule is C[CH-]C.C[CH-]C.C[CH-]C.C[CH-]C.O.[Ti+4]. The summed E-state index contributed by atoms with van der Waals surface area (Å²) in [7, 11) is 0. The maximum Gasteiger partial charge on any atom is 4.00 e. The first-order valence-electron chi connectivity index (χ1n) is 4.62. The van der Waals surface area contributed by atoms with Crippen molar-refractivity contribution in [2.75, 3.05) is 0 Å². The van der Waals surface area contributed by atoms with Crippen molar-refractivity contribution in [2.24, 2.45) is 0 Å². The summed E-state index contributed by atoms with van der Waals surface area (Å²) in [6.07, 6.45) is 8.00. The van der Waals surface area contributed by atoms with Crippen LogP contribution in [0.4, 0.5) is 0 Å². The molecular formula is C12H30OTi. The minimum absolute atomic E-state index is 0. The molecule has 0 atom stereocenters. The topological polar surface area (TPSA) is 31.5 Å². The molecule has 0 saturated heterocycles. The Labute approximate surface area is 108 Å². The Morgan fingerprint density at radius 2 is 0.429 bits per heavy atom. The maximum absolute atomic E-state index is 2.00. The van der Waals surface area contributed by atoms with E-state index in [4.69, 9.17) is 0 Å². The van der Waals surface area contributed by atoms with Gasteiger partial charge in [-0.3, -0.25) is 0 Å². The molecule has 2 N–H and O–H groups in total. The minimum Gasteiger partial charge on any atom is -0.412 e. The van der Waals surface area contributed by atoms with Gasteiger partial charge in [0.1, 0.15) is 0 Å². The second kappa shape index (κ2) is 101. The Hall–Kier alpha value is 0.674. The molecule has 0 aromatic rings. The van der Waals surface area contributed by atoms with Gasteiger partial charge in [-0.2, -0.15) is 55.4 Å². The quantitative estimate of drug-likeness (QED) is 0.449. The Morgan fingerprint density at radius 3 is 0.429 bits per heavy atom. The van der Waals surface area contributed by atoms with E-state index in [2.05, 4.69) is 0 Å². The molecule has 0 rings (SSSR count). The minimum atomic E-state index is 0. The van der Waals surface area contributed by atoms with E-state index in [9.17, 15) is 0 Å². The molecule has 88 valence electrons. The summed E-state index contributed by atoms with van der Waals surface area (Å²) in [6.45, 7) is 16.0. The van der Waals surface area contributed by atoms with E-state index in [0.717, 1.165) is 0 Å². The van der Waals surface area contributed by atoms with E-state index in [0.29, 0.717) is 0 Å². The van der Waals surface area contributed by atoms with Crippen LogP contribution in [-0.4, -0.2) is 5.48 Å². The molecular weight excluding hydrogens is 208 g/mol. The maximum atomic E-state index is 2.00. The van der Waals surface area contributed by atoms with E-state index in [1.54, 1.807) is 0 Å². The predicted molar refractivity (Wildman–Crippen MR) is 66.2 cm³/mol. The van der Waals surface area contributed by atoms with Crippen LogP contribution in [0.3, 0.4) is 0 Å². The number of hydrogen-bond donors (Lipinski definition) is 0. The van der Waals surface area contributed by atoms with Crippen LogP contribution in [0.2, 0.25) is 0 Å². The Kier molecular flexibility index (Phi) is 262. The van der Waals surface area contributed by atoms with Crippen molar-refractivity contribution in [2.45, 2.75) is 55.4 Å². The molecule has 0 amide bonds. The fourth-order valence-electron chi connectivity index (χ4n) is 0. The van der Waals surface area contributed by atoms with Crippen molar-refractivity contribution in [1.82, 2.24) is 0 Å². The van der Waals surface area contributed by atoms with Gasteiger partial charge in [0.25, 0.3) is 0 Å².